The summed E-state index contributed by atoms with van der Waals surface area (Å²) in [4.78, 5) is 0. The minimum Gasteiger partial charge on any atom is -0.351 e. The predicted molar refractivity (Wildman–Crippen MR) is 73.4 cm³/mol. The van der Waals surface area contributed by atoms with Gasteiger partial charge in [-0.3, -0.25) is 0 Å². The molecule has 0 amide bonds. The van der Waals surface area contributed by atoms with Gasteiger partial charge in [-0.15, -0.1) is 0 Å². The molecule has 1 unspecified atom stereocenters. The first-order chi connectivity index (χ1) is 8.44. The van der Waals surface area contributed by atoms with Crippen LogP contribution < -0.4 is 5.32 Å². The van der Waals surface area contributed by atoms with Crippen LogP contribution in [0.1, 0.15) is 33.6 Å². The van der Waals surface area contributed by atoms with Crippen molar-refractivity contribution < 1.29 is 17.9 Å². The molecular formula is C12H27NO4S. The van der Waals surface area contributed by atoms with Crippen LogP contribution >= 0.6 is 0 Å². The lowest BCUT2D eigenvalue weighted by Gasteiger charge is -2.27. The van der Waals surface area contributed by atoms with E-state index in [4.69, 9.17) is 9.47 Å². The highest BCUT2D eigenvalue weighted by molar-refractivity contribution is 7.90. The Kier molecular flexibility index (Phi) is 9.63. The monoisotopic (exact) mass is 281 g/mol. The summed E-state index contributed by atoms with van der Waals surface area (Å²) in [5, 5.41) is 3.29. The van der Waals surface area contributed by atoms with Gasteiger partial charge in [-0.05, 0) is 33.2 Å². The Labute approximate surface area is 111 Å². The first-order valence-electron chi connectivity index (χ1n) is 6.58. The molecule has 0 fully saturated rings. The van der Waals surface area contributed by atoms with Crippen molar-refractivity contribution in [2.24, 2.45) is 0 Å². The average Bonchev–Trinajstić information content (AvgIpc) is 2.26. The molecule has 0 rings (SSSR count). The van der Waals surface area contributed by atoms with E-state index in [-0.39, 0.29) is 18.1 Å². The van der Waals surface area contributed by atoms with Crippen LogP contribution in [0.25, 0.3) is 0 Å². The molecule has 0 aliphatic carbocycles. The fourth-order valence-corrected chi connectivity index (χ4v) is 2.46. The Hall–Kier alpha value is -0.170. The van der Waals surface area contributed by atoms with Crippen molar-refractivity contribution in [3.05, 3.63) is 0 Å². The molecule has 0 spiro atoms. The van der Waals surface area contributed by atoms with Crippen LogP contribution in [-0.2, 0) is 19.3 Å². The van der Waals surface area contributed by atoms with E-state index in [1.165, 1.54) is 6.26 Å². The van der Waals surface area contributed by atoms with E-state index in [9.17, 15) is 8.42 Å². The van der Waals surface area contributed by atoms with Gasteiger partial charge < -0.3 is 14.8 Å². The SMILES string of the molecule is CCNC(CCCS(C)(=O)=O)C(OCC)OCC. The van der Waals surface area contributed by atoms with Crippen LogP contribution in [0.2, 0.25) is 0 Å². The molecule has 0 aromatic carbocycles. The van der Waals surface area contributed by atoms with E-state index in [0.29, 0.717) is 19.6 Å². The van der Waals surface area contributed by atoms with E-state index in [1.54, 1.807) is 0 Å². The standard InChI is InChI=1S/C12H27NO4S/c1-5-13-11(9-8-10-18(4,14)15)12(16-6-2)17-7-3/h11-13H,5-10H2,1-4H3. The van der Waals surface area contributed by atoms with Crippen molar-refractivity contribution in [3.63, 3.8) is 0 Å². The van der Waals surface area contributed by atoms with Gasteiger partial charge in [-0.2, -0.15) is 0 Å². The zero-order valence-corrected chi connectivity index (χ0v) is 12.8. The molecule has 0 aliphatic rings. The second-order valence-corrected chi connectivity index (χ2v) is 6.48. The molecule has 0 aromatic rings. The van der Waals surface area contributed by atoms with Crippen LogP contribution in [0.5, 0.6) is 0 Å². The van der Waals surface area contributed by atoms with Crippen LogP contribution in [0.15, 0.2) is 0 Å². The maximum absolute atomic E-state index is 11.1. The van der Waals surface area contributed by atoms with Gasteiger partial charge in [-0.25, -0.2) is 8.42 Å². The van der Waals surface area contributed by atoms with Gasteiger partial charge in [0.05, 0.1) is 6.04 Å². The van der Waals surface area contributed by atoms with Gasteiger partial charge in [-0.1, -0.05) is 6.92 Å². The van der Waals surface area contributed by atoms with Crippen LogP contribution in [0.4, 0.5) is 0 Å². The largest absolute Gasteiger partial charge is 0.351 e. The summed E-state index contributed by atoms with van der Waals surface area (Å²) in [6, 6.07) is 0.0386. The van der Waals surface area contributed by atoms with Gasteiger partial charge >= 0.3 is 0 Å². The minimum atomic E-state index is -2.89. The highest BCUT2D eigenvalue weighted by Gasteiger charge is 2.21. The average molecular weight is 281 g/mol. The second kappa shape index (κ2) is 9.72. The molecule has 1 N–H and O–H groups in total. The van der Waals surface area contributed by atoms with E-state index in [0.717, 1.165) is 13.0 Å². The third-order valence-corrected chi connectivity index (χ3v) is 3.52. The number of hydrogen-bond acceptors (Lipinski definition) is 5. The Bertz CT molecular complexity index is 286. The lowest BCUT2D eigenvalue weighted by Crippen LogP contribution is -2.43. The molecule has 6 heteroatoms. The van der Waals surface area contributed by atoms with Crippen molar-refractivity contribution in [1.82, 2.24) is 5.32 Å². The van der Waals surface area contributed by atoms with Crippen molar-refractivity contribution >= 4 is 9.84 Å². The predicted octanol–water partition coefficient (Wildman–Crippen LogP) is 1.19. The topological polar surface area (TPSA) is 64.6 Å². The number of likely N-dealkylation sites (N-methyl/N-ethyl adjacent to an activating group) is 1. The fraction of sp³-hybridized carbons (Fsp3) is 1.00. The second-order valence-electron chi connectivity index (χ2n) is 4.22. The lowest BCUT2D eigenvalue weighted by molar-refractivity contribution is -0.154. The molecule has 0 saturated heterocycles. The molecule has 110 valence electrons. The number of ether oxygens (including phenoxy) is 2. The summed E-state index contributed by atoms with van der Waals surface area (Å²) in [5.41, 5.74) is 0. The van der Waals surface area contributed by atoms with E-state index < -0.39 is 9.84 Å². The number of rotatable bonds is 11. The van der Waals surface area contributed by atoms with Crippen molar-refractivity contribution in [3.8, 4) is 0 Å². The summed E-state index contributed by atoms with van der Waals surface area (Å²) in [6.07, 6.45) is 2.30. The third kappa shape index (κ3) is 8.85. The van der Waals surface area contributed by atoms with Crippen LogP contribution in [0.3, 0.4) is 0 Å². The maximum atomic E-state index is 11.1. The first kappa shape index (κ1) is 17.8. The van der Waals surface area contributed by atoms with Gasteiger partial charge in [0.1, 0.15) is 9.84 Å². The van der Waals surface area contributed by atoms with Crippen molar-refractivity contribution in [2.45, 2.75) is 45.9 Å². The molecule has 0 heterocycles. The van der Waals surface area contributed by atoms with Crippen molar-refractivity contribution in [1.29, 1.82) is 0 Å². The first-order valence-corrected chi connectivity index (χ1v) is 8.64. The minimum absolute atomic E-state index is 0.0386. The molecule has 0 saturated carbocycles. The highest BCUT2D eigenvalue weighted by atomic mass is 32.2. The number of hydrogen-bond donors (Lipinski definition) is 1. The van der Waals surface area contributed by atoms with Gasteiger partial charge in [0, 0.05) is 25.2 Å². The lowest BCUT2D eigenvalue weighted by atomic mass is 10.1. The molecule has 18 heavy (non-hydrogen) atoms. The van der Waals surface area contributed by atoms with E-state index >= 15 is 0 Å². The Morgan fingerprint density at radius 3 is 2.06 bits per heavy atom. The molecule has 0 bridgehead atoms. The molecule has 0 radical (unpaired) electrons. The Morgan fingerprint density at radius 2 is 1.67 bits per heavy atom. The fourth-order valence-electron chi connectivity index (χ4n) is 1.77. The number of sulfone groups is 1. The summed E-state index contributed by atoms with van der Waals surface area (Å²) in [5.74, 6) is 0.208. The molecule has 0 aliphatic heterocycles. The normalized spacial score (nSPS) is 14.1. The highest BCUT2D eigenvalue weighted by Crippen LogP contribution is 2.09. The summed E-state index contributed by atoms with van der Waals surface area (Å²) in [7, 11) is -2.89. The van der Waals surface area contributed by atoms with E-state index in [2.05, 4.69) is 5.32 Å². The van der Waals surface area contributed by atoms with Gasteiger partial charge in [0.25, 0.3) is 0 Å². The summed E-state index contributed by atoms with van der Waals surface area (Å²) >= 11 is 0. The quantitative estimate of drug-likeness (QED) is 0.576. The molecule has 1 atom stereocenters. The zero-order valence-electron chi connectivity index (χ0n) is 11.9. The zero-order chi connectivity index (χ0) is 14.0. The Balaban J connectivity index is 4.31. The summed E-state index contributed by atoms with van der Waals surface area (Å²) < 4.78 is 33.3. The van der Waals surface area contributed by atoms with Crippen LogP contribution in [-0.4, -0.2) is 52.5 Å². The Morgan fingerprint density at radius 1 is 1.11 bits per heavy atom. The van der Waals surface area contributed by atoms with Crippen LogP contribution in [0, 0.1) is 0 Å². The molecule has 5 nitrogen and oxygen atoms in total. The molecule has 0 aromatic heterocycles. The third-order valence-electron chi connectivity index (χ3n) is 2.49. The smallest absolute Gasteiger partial charge is 0.172 e. The van der Waals surface area contributed by atoms with Crippen molar-refractivity contribution in [2.75, 3.05) is 31.8 Å². The van der Waals surface area contributed by atoms with Gasteiger partial charge in [0.2, 0.25) is 0 Å². The number of nitrogens with one attached hydrogen (secondary N) is 1. The maximum Gasteiger partial charge on any atom is 0.172 e. The summed E-state index contributed by atoms with van der Waals surface area (Å²) in [6.45, 7) is 7.83. The van der Waals surface area contributed by atoms with E-state index in [1.807, 2.05) is 20.8 Å². The van der Waals surface area contributed by atoms with Gasteiger partial charge in [0.15, 0.2) is 6.29 Å². The molecular weight excluding hydrogens is 254 g/mol.